The monoisotopic (exact) mass is 1040 g/mol. The molecule has 0 radical (unpaired) electrons. The Kier molecular flexibility index (Phi) is 9.92. The van der Waals surface area contributed by atoms with Gasteiger partial charge in [0.25, 0.3) is 0 Å². The summed E-state index contributed by atoms with van der Waals surface area (Å²) in [5.74, 6) is -0.637. The van der Waals surface area contributed by atoms with E-state index in [1.807, 2.05) is 0 Å². The number of aromatic nitrogens is 8. The van der Waals surface area contributed by atoms with Gasteiger partial charge in [-0.2, -0.15) is 0 Å². The summed E-state index contributed by atoms with van der Waals surface area (Å²) in [5.41, 5.74) is -0.283. The first-order chi connectivity index (χ1) is 26.3. The zero-order valence-electron chi connectivity index (χ0n) is 27.8. The molecule has 0 saturated heterocycles. The van der Waals surface area contributed by atoms with E-state index >= 15 is 0 Å². The second-order valence-corrected chi connectivity index (χ2v) is 17.4. The molecule has 7 aromatic rings. The Balaban J connectivity index is 0.00000256. The summed E-state index contributed by atoms with van der Waals surface area (Å²) in [6.45, 7) is 0. The van der Waals surface area contributed by atoms with Crippen LogP contribution in [-0.4, -0.2) is 91.8 Å². The van der Waals surface area contributed by atoms with Gasteiger partial charge < -0.3 is 28.2 Å². The van der Waals surface area contributed by atoms with E-state index in [1.165, 1.54) is 12.1 Å². The van der Waals surface area contributed by atoms with E-state index in [2.05, 4.69) is 29.9 Å². The van der Waals surface area contributed by atoms with Gasteiger partial charge in [0.05, 0.1) is 19.6 Å². The Labute approximate surface area is 352 Å². The topological polar surface area (TPSA) is 338 Å². The molecule has 0 aliphatic carbocycles. The van der Waals surface area contributed by atoms with Crippen LogP contribution in [0.4, 0.5) is 0 Å². The van der Waals surface area contributed by atoms with Crippen molar-refractivity contribution in [3.63, 3.8) is 0 Å². The number of nitrogens with zero attached hydrogens (tertiary/aromatic N) is 6. The second kappa shape index (κ2) is 13.9. The SMILES string of the molecule is O=S(=O)([O-])c1c(S(=O)(=O)[O-])c(S(=O)(=O)[O-])c2c3nc4nc(nc5[nH]c(nc6nc(nc([nH]3)c2c1S(=O)(=O)[O-])-c1ccccc1-6)c1ccccc51)-c1ccccc1-4.[Pd+2].[Pd+2]. The zero-order valence-corrected chi connectivity index (χ0v) is 34.2. The second-order valence-electron chi connectivity index (χ2n) is 12.1. The van der Waals surface area contributed by atoms with Crippen molar-refractivity contribution in [1.29, 1.82) is 0 Å². The van der Waals surface area contributed by atoms with E-state index in [0.717, 1.165) is 0 Å². The molecule has 8 bridgehead atoms. The third kappa shape index (κ3) is 6.57. The predicted molar refractivity (Wildman–Crippen MR) is 188 cm³/mol. The molecule has 0 atom stereocenters. The number of fused-ring (bicyclic) bond motifs is 20. The van der Waals surface area contributed by atoms with E-state index in [-0.39, 0.29) is 86.6 Å². The van der Waals surface area contributed by atoms with Gasteiger partial charge in [-0.3, -0.25) is 0 Å². The van der Waals surface area contributed by atoms with Crippen LogP contribution in [-0.2, 0) is 81.3 Å². The Morgan fingerprint density at radius 3 is 0.914 bits per heavy atom. The minimum atomic E-state index is -6.60. The van der Waals surface area contributed by atoms with Crippen molar-refractivity contribution in [3.8, 4) is 45.6 Å². The fraction of sp³-hybridized carbons (Fsp3) is 0. The van der Waals surface area contributed by atoms with Gasteiger partial charge in [0.1, 0.15) is 63.1 Å². The van der Waals surface area contributed by atoms with Crippen LogP contribution in [0.15, 0.2) is 92.4 Å². The quantitative estimate of drug-likeness (QED) is 0.189. The average Bonchev–Trinajstić information content (AvgIpc) is 3.84. The minimum Gasteiger partial charge on any atom is -0.744 e. The molecule has 0 amide bonds. The van der Waals surface area contributed by atoms with Crippen molar-refractivity contribution in [3.05, 3.63) is 72.8 Å². The van der Waals surface area contributed by atoms with Crippen molar-refractivity contribution in [2.24, 2.45) is 0 Å². The van der Waals surface area contributed by atoms with Crippen LogP contribution < -0.4 is 0 Å². The molecule has 298 valence electrons. The molecule has 0 spiro atoms. The molecule has 2 aliphatic rings. The molecule has 58 heavy (non-hydrogen) atoms. The van der Waals surface area contributed by atoms with Crippen LogP contribution in [0.3, 0.4) is 0 Å². The summed E-state index contributed by atoms with van der Waals surface area (Å²) in [5, 5.41) is -1.56. The number of hydrogen-bond donors (Lipinski definition) is 2. The van der Waals surface area contributed by atoms with E-state index in [9.17, 15) is 51.9 Å². The van der Waals surface area contributed by atoms with Gasteiger partial charge in [0, 0.05) is 43.8 Å². The van der Waals surface area contributed by atoms with Crippen LogP contribution in [0.5, 0.6) is 0 Å². The third-order valence-corrected chi connectivity index (χ3v) is 12.8. The summed E-state index contributed by atoms with van der Waals surface area (Å²) in [6, 6.07) is 19.6. The molecular weight excluding hydrogens is 1030 g/mol. The van der Waals surface area contributed by atoms with Crippen molar-refractivity contribution in [1.82, 2.24) is 39.9 Å². The number of aromatic amines is 2. The molecule has 0 unspecified atom stereocenters. The van der Waals surface area contributed by atoms with E-state index < -0.39 is 82.1 Å². The predicted octanol–water partition coefficient (Wildman–Crippen LogP) is 2.48. The summed E-state index contributed by atoms with van der Waals surface area (Å²) in [7, 11) is -26.0. The number of benzene rings is 4. The minimum absolute atomic E-state index is 0. The normalized spacial score (nSPS) is 12.8. The molecule has 3 aromatic heterocycles. The van der Waals surface area contributed by atoms with Gasteiger partial charge in [0.2, 0.25) is 0 Å². The molecule has 0 fully saturated rings. The van der Waals surface area contributed by atoms with Crippen LogP contribution in [0, 0.1) is 0 Å². The van der Waals surface area contributed by atoms with Gasteiger partial charge >= 0.3 is 40.8 Å². The Hall–Kier alpha value is -4.80. The zero-order chi connectivity index (χ0) is 39.7. The largest absolute Gasteiger partial charge is 2.00 e. The molecule has 9 rings (SSSR count). The molecule has 2 aliphatic heterocycles. The van der Waals surface area contributed by atoms with Gasteiger partial charge in [-0.1, -0.05) is 72.8 Å². The van der Waals surface area contributed by atoms with E-state index in [0.29, 0.717) is 21.9 Å². The summed E-state index contributed by atoms with van der Waals surface area (Å²) < 4.78 is 154. The van der Waals surface area contributed by atoms with Crippen molar-refractivity contribution >= 4 is 84.6 Å². The van der Waals surface area contributed by atoms with Crippen molar-refractivity contribution in [2.75, 3.05) is 0 Å². The van der Waals surface area contributed by atoms with Gasteiger partial charge in [-0.25, -0.2) is 63.6 Å². The molecular formula is C32H14N8O12Pd2S4. The molecule has 20 nitrogen and oxygen atoms in total. The average molecular weight is 1040 g/mol. The standard InChI is InChI=1S/C32H18N8O12S4.2Pd/c41-53(42,43)21-19-20(22(54(44,45)46)24(56(50,51)52)23(21)55(47,48)49)32-39-30-18-12-6-4-10-16(18)28(37-30)35-26-14-8-2-1-7-13(14)25(33-26)34-27-15-9-3-5-11-17(15)29(36-27)38-31(19)40-32;;/h1-12H,(H,41,42,43)(H,44,45,46)(H,47,48,49)(H,50,51,52)(H2,33,34,35,36,37,38,39,40);;/q;2*+2/p-4. The third-order valence-electron chi connectivity index (χ3n) is 8.82. The number of hydrogen-bond acceptors (Lipinski definition) is 18. The molecule has 26 heteroatoms. The first kappa shape index (κ1) is 41.4. The van der Waals surface area contributed by atoms with Crippen molar-refractivity contribution in [2.45, 2.75) is 19.6 Å². The van der Waals surface area contributed by atoms with Crippen LogP contribution in [0.2, 0.25) is 0 Å². The van der Waals surface area contributed by atoms with Crippen LogP contribution >= 0.6 is 0 Å². The van der Waals surface area contributed by atoms with E-state index in [1.54, 1.807) is 60.7 Å². The Bertz CT molecular complexity index is 3390. The Morgan fingerprint density at radius 1 is 0.362 bits per heavy atom. The summed E-state index contributed by atoms with van der Waals surface area (Å²) in [6.07, 6.45) is 0. The Morgan fingerprint density at radius 2 is 0.621 bits per heavy atom. The maximum absolute atomic E-state index is 13.0. The maximum Gasteiger partial charge on any atom is 2.00 e. The van der Waals surface area contributed by atoms with Crippen molar-refractivity contribution < 1.29 is 92.7 Å². The fourth-order valence-corrected chi connectivity index (χ4v) is 11.6. The molecule has 2 N–H and O–H groups in total. The number of H-pyrrole nitrogens is 2. The first-order valence-corrected chi connectivity index (χ1v) is 21.1. The summed E-state index contributed by atoms with van der Waals surface area (Å²) >= 11 is 0. The molecule has 4 aromatic carbocycles. The molecule has 5 heterocycles. The van der Waals surface area contributed by atoms with Crippen LogP contribution in [0.25, 0.3) is 89.7 Å². The number of rotatable bonds is 4. The smallest absolute Gasteiger partial charge is 0.744 e. The summed E-state index contributed by atoms with van der Waals surface area (Å²) in [4.78, 5) is 23.0. The van der Waals surface area contributed by atoms with Gasteiger partial charge in [0.15, 0.2) is 23.3 Å². The van der Waals surface area contributed by atoms with Gasteiger partial charge in [-0.15, -0.1) is 0 Å². The first-order valence-electron chi connectivity index (χ1n) is 15.5. The van der Waals surface area contributed by atoms with E-state index in [4.69, 9.17) is 9.97 Å². The fourth-order valence-electron chi connectivity index (χ4n) is 6.72. The number of nitrogens with one attached hydrogen (secondary N) is 2. The van der Waals surface area contributed by atoms with Gasteiger partial charge in [-0.05, 0) is 0 Å². The van der Waals surface area contributed by atoms with Crippen LogP contribution in [0.1, 0.15) is 0 Å². The maximum atomic E-state index is 13.0. The molecule has 0 saturated carbocycles.